The maximum absolute atomic E-state index is 5.05. The molecule has 3 aromatic heterocycles. The van der Waals surface area contributed by atoms with Gasteiger partial charge in [-0.2, -0.15) is 5.10 Å². The third-order valence-corrected chi connectivity index (χ3v) is 6.51. The number of aromatic nitrogens is 4. The molecule has 4 nitrogen and oxygen atoms in total. The van der Waals surface area contributed by atoms with Gasteiger partial charge >= 0.3 is 0 Å². The van der Waals surface area contributed by atoms with Gasteiger partial charge in [0.15, 0.2) is 0 Å². The van der Waals surface area contributed by atoms with Crippen LogP contribution in [0.4, 0.5) is 0 Å². The normalized spacial score (nSPS) is 15.6. The quantitative estimate of drug-likeness (QED) is 0.409. The Hall–Kier alpha value is -3.01. The van der Waals surface area contributed by atoms with Crippen LogP contribution in [0.25, 0.3) is 10.9 Å². The maximum atomic E-state index is 5.05. The van der Waals surface area contributed by atoms with Crippen LogP contribution in [-0.4, -0.2) is 19.7 Å². The van der Waals surface area contributed by atoms with Gasteiger partial charge in [0.2, 0.25) is 0 Å². The zero-order chi connectivity index (χ0) is 20.3. The summed E-state index contributed by atoms with van der Waals surface area (Å²) in [6.45, 7) is 2.21. The van der Waals surface area contributed by atoms with Gasteiger partial charge < -0.3 is 0 Å². The minimum absolute atomic E-state index is 0.275. The summed E-state index contributed by atoms with van der Waals surface area (Å²) < 4.78 is 2.33. The Balaban J connectivity index is 1.61. The summed E-state index contributed by atoms with van der Waals surface area (Å²) >= 11 is 0. The summed E-state index contributed by atoms with van der Waals surface area (Å²) in [5.74, 6) is 0.275. The molecule has 1 aromatic carbocycles. The van der Waals surface area contributed by atoms with E-state index in [0.29, 0.717) is 6.04 Å². The first-order chi connectivity index (χ1) is 14.8. The summed E-state index contributed by atoms with van der Waals surface area (Å²) in [6, 6.07) is 16.0. The Kier molecular flexibility index (Phi) is 5.31. The Morgan fingerprint density at radius 2 is 1.60 bits per heavy atom. The molecular weight excluding hydrogens is 368 g/mol. The van der Waals surface area contributed by atoms with Crippen molar-refractivity contribution in [2.24, 2.45) is 0 Å². The lowest BCUT2D eigenvalue weighted by Gasteiger charge is -2.19. The molecule has 0 N–H and O–H groups in total. The molecule has 1 fully saturated rings. The first-order valence-corrected chi connectivity index (χ1v) is 11.1. The van der Waals surface area contributed by atoms with Gasteiger partial charge in [-0.15, -0.1) is 0 Å². The van der Waals surface area contributed by atoms with E-state index < -0.39 is 0 Å². The SMILES string of the molecule is CCc1nn(C2CCCC2)c2cc(C(Cc3ccncc3)c3ccncc3)ccc12. The van der Waals surface area contributed by atoms with Crippen LogP contribution in [0.3, 0.4) is 0 Å². The molecule has 1 saturated carbocycles. The van der Waals surface area contributed by atoms with Crippen molar-refractivity contribution < 1.29 is 0 Å². The second kappa shape index (κ2) is 8.39. The Morgan fingerprint density at radius 1 is 0.900 bits per heavy atom. The van der Waals surface area contributed by atoms with Crippen molar-refractivity contribution >= 4 is 10.9 Å². The minimum Gasteiger partial charge on any atom is -0.265 e. The number of aryl methyl sites for hydroxylation is 1. The van der Waals surface area contributed by atoms with Crippen molar-refractivity contribution in [3.05, 3.63) is 89.6 Å². The van der Waals surface area contributed by atoms with E-state index in [2.05, 4.69) is 64.0 Å². The van der Waals surface area contributed by atoms with Crippen molar-refractivity contribution in [3.8, 4) is 0 Å². The number of fused-ring (bicyclic) bond motifs is 1. The van der Waals surface area contributed by atoms with E-state index in [9.17, 15) is 0 Å². The average Bonchev–Trinajstić information content (AvgIpc) is 3.46. The highest BCUT2D eigenvalue weighted by molar-refractivity contribution is 5.83. The molecule has 3 heterocycles. The molecule has 0 bridgehead atoms. The predicted octanol–water partition coefficient (Wildman–Crippen LogP) is 5.88. The summed E-state index contributed by atoms with van der Waals surface area (Å²) in [5, 5.41) is 6.36. The molecule has 4 aromatic rings. The average molecular weight is 397 g/mol. The van der Waals surface area contributed by atoms with E-state index in [4.69, 9.17) is 5.10 Å². The van der Waals surface area contributed by atoms with Crippen molar-refractivity contribution in [2.45, 2.75) is 57.4 Å². The molecule has 30 heavy (non-hydrogen) atoms. The van der Waals surface area contributed by atoms with E-state index in [1.165, 1.54) is 59.0 Å². The smallest absolute Gasteiger partial charge is 0.0700 e. The number of rotatable bonds is 6. The zero-order valence-corrected chi connectivity index (χ0v) is 17.5. The van der Waals surface area contributed by atoms with E-state index in [0.717, 1.165) is 12.8 Å². The van der Waals surface area contributed by atoms with E-state index >= 15 is 0 Å². The first kappa shape index (κ1) is 19.0. The third kappa shape index (κ3) is 3.62. The fraction of sp³-hybridized carbons (Fsp3) is 0.346. The molecule has 1 atom stereocenters. The van der Waals surface area contributed by atoms with Crippen LogP contribution in [0.2, 0.25) is 0 Å². The number of benzene rings is 1. The van der Waals surface area contributed by atoms with Crippen molar-refractivity contribution in [3.63, 3.8) is 0 Å². The zero-order valence-electron chi connectivity index (χ0n) is 17.5. The predicted molar refractivity (Wildman–Crippen MR) is 121 cm³/mol. The highest BCUT2D eigenvalue weighted by Gasteiger charge is 2.23. The monoisotopic (exact) mass is 396 g/mol. The van der Waals surface area contributed by atoms with Gasteiger partial charge in [-0.05, 0) is 72.7 Å². The third-order valence-electron chi connectivity index (χ3n) is 6.51. The lowest BCUT2D eigenvalue weighted by Crippen LogP contribution is -2.08. The molecule has 1 unspecified atom stereocenters. The summed E-state index contributed by atoms with van der Waals surface area (Å²) in [6.07, 6.45) is 14.6. The van der Waals surface area contributed by atoms with Crippen molar-refractivity contribution in [1.82, 2.24) is 19.7 Å². The van der Waals surface area contributed by atoms with Crippen LogP contribution in [0.15, 0.2) is 67.3 Å². The Morgan fingerprint density at radius 3 is 2.30 bits per heavy atom. The number of pyridine rings is 2. The van der Waals surface area contributed by atoms with Gasteiger partial charge in [-0.3, -0.25) is 14.6 Å². The largest absolute Gasteiger partial charge is 0.265 e. The Labute approximate surface area is 178 Å². The topological polar surface area (TPSA) is 43.6 Å². The number of nitrogens with zero attached hydrogens (tertiary/aromatic N) is 4. The molecule has 1 aliphatic rings. The molecule has 0 spiro atoms. The minimum atomic E-state index is 0.275. The number of hydrogen-bond donors (Lipinski definition) is 0. The highest BCUT2D eigenvalue weighted by atomic mass is 15.3. The van der Waals surface area contributed by atoms with Gasteiger partial charge in [-0.25, -0.2) is 0 Å². The summed E-state index contributed by atoms with van der Waals surface area (Å²) in [4.78, 5) is 8.42. The fourth-order valence-corrected chi connectivity index (χ4v) is 4.90. The molecule has 0 aliphatic heterocycles. The first-order valence-electron chi connectivity index (χ1n) is 11.1. The van der Waals surface area contributed by atoms with Crippen LogP contribution in [0, 0.1) is 0 Å². The second-order valence-electron chi connectivity index (χ2n) is 8.35. The maximum Gasteiger partial charge on any atom is 0.0700 e. The molecule has 0 saturated heterocycles. The molecule has 152 valence electrons. The highest BCUT2D eigenvalue weighted by Crippen LogP contribution is 2.36. The molecular formula is C26H28N4. The van der Waals surface area contributed by atoms with Crippen LogP contribution in [0.5, 0.6) is 0 Å². The van der Waals surface area contributed by atoms with Crippen LogP contribution in [-0.2, 0) is 12.8 Å². The number of hydrogen-bond acceptors (Lipinski definition) is 3. The molecule has 0 amide bonds. The van der Waals surface area contributed by atoms with Gasteiger partial charge in [-0.1, -0.05) is 31.9 Å². The van der Waals surface area contributed by atoms with E-state index in [1.54, 1.807) is 0 Å². The van der Waals surface area contributed by atoms with E-state index in [-0.39, 0.29) is 5.92 Å². The standard InChI is InChI=1S/C26H28N4/c1-2-25-23-8-7-21(18-26(23)30(29-25)22-5-3-4-6-22)24(20-11-15-28-16-12-20)17-19-9-13-27-14-10-19/h7-16,18,22,24H,2-6,17H2,1H3. The lowest BCUT2D eigenvalue weighted by molar-refractivity contribution is 0.477. The van der Waals surface area contributed by atoms with Gasteiger partial charge in [0.1, 0.15) is 0 Å². The second-order valence-corrected chi connectivity index (χ2v) is 8.35. The van der Waals surface area contributed by atoms with Crippen molar-refractivity contribution in [2.75, 3.05) is 0 Å². The lowest BCUT2D eigenvalue weighted by atomic mass is 9.86. The van der Waals surface area contributed by atoms with Gasteiger partial charge in [0.25, 0.3) is 0 Å². The van der Waals surface area contributed by atoms with Crippen molar-refractivity contribution in [1.29, 1.82) is 0 Å². The molecule has 0 radical (unpaired) electrons. The van der Waals surface area contributed by atoms with Crippen LogP contribution < -0.4 is 0 Å². The van der Waals surface area contributed by atoms with E-state index in [1.807, 2.05) is 24.8 Å². The summed E-state index contributed by atoms with van der Waals surface area (Å²) in [5.41, 5.74) is 6.45. The van der Waals surface area contributed by atoms with Crippen LogP contribution >= 0.6 is 0 Å². The summed E-state index contributed by atoms with van der Waals surface area (Å²) in [7, 11) is 0. The molecule has 1 aliphatic carbocycles. The molecule has 5 rings (SSSR count). The Bertz CT molecular complexity index is 1110. The van der Waals surface area contributed by atoms with Crippen LogP contribution in [0.1, 0.15) is 67.0 Å². The molecule has 4 heteroatoms. The fourth-order valence-electron chi connectivity index (χ4n) is 4.90. The van der Waals surface area contributed by atoms with Gasteiger partial charge in [0.05, 0.1) is 17.3 Å². The van der Waals surface area contributed by atoms with Gasteiger partial charge in [0, 0.05) is 36.1 Å².